The van der Waals surface area contributed by atoms with E-state index in [4.69, 9.17) is 4.74 Å². The molecule has 0 radical (unpaired) electrons. The van der Waals surface area contributed by atoms with Crippen molar-refractivity contribution in [3.8, 4) is 11.8 Å². The highest BCUT2D eigenvalue weighted by molar-refractivity contribution is 8.00. The number of aryl methyl sites for hydroxylation is 2. The lowest BCUT2D eigenvalue weighted by molar-refractivity contribution is 0.102. The molecule has 0 aliphatic rings. The van der Waals surface area contributed by atoms with Gasteiger partial charge in [-0.15, -0.1) is 0 Å². The zero-order valence-electron chi connectivity index (χ0n) is 14.9. The second kappa shape index (κ2) is 7.59. The molecule has 1 aromatic heterocycles. The first-order valence-corrected chi connectivity index (χ1v) is 9.13. The summed E-state index contributed by atoms with van der Waals surface area (Å²) in [5.74, 6) is 0.833. The van der Waals surface area contributed by atoms with Crippen LogP contribution in [0.5, 0.6) is 5.75 Å². The van der Waals surface area contributed by atoms with Crippen LogP contribution in [0.15, 0.2) is 47.5 Å². The van der Waals surface area contributed by atoms with E-state index in [-0.39, 0.29) is 11.5 Å². The predicted molar refractivity (Wildman–Crippen MR) is 104 cm³/mol. The Bertz CT molecular complexity index is 1040. The topological polar surface area (TPSA) is 63.0 Å². The Hall–Kier alpha value is -2.84. The van der Waals surface area contributed by atoms with Crippen molar-refractivity contribution in [2.24, 2.45) is 0 Å². The summed E-state index contributed by atoms with van der Waals surface area (Å²) in [6, 6.07) is 15.1. The smallest absolute Gasteiger partial charge is 0.173 e. The summed E-state index contributed by atoms with van der Waals surface area (Å²) in [6.45, 7) is 4.06. The van der Waals surface area contributed by atoms with E-state index >= 15 is 0 Å². The van der Waals surface area contributed by atoms with Gasteiger partial charge in [0.15, 0.2) is 5.78 Å². The van der Waals surface area contributed by atoms with Gasteiger partial charge in [0.05, 0.1) is 23.9 Å². The molecule has 5 heteroatoms. The van der Waals surface area contributed by atoms with Crippen LogP contribution in [0.25, 0.3) is 10.9 Å². The van der Waals surface area contributed by atoms with E-state index in [9.17, 15) is 10.1 Å². The fourth-order valence-electron chi connectivity index (χ4n) is 2.67. The predicted octanol–water partition coefficient (Wildman–Crippen LogP) is 4.71. The van der Waals surface area contributed by atoms with Gasteiger partial charge in [0.25, 0.3) is 0 Å². The van der Waals surface area contributed by atoms with Gasteiger partial charge in [-0.3, -0.25) is 4.79 Å². The van der Waals surface area contributed by atoms with Gasteiger partial charge in [-0.05, 0) is 43.2 Å². The number of nitriles is 1. The monoisotopic (exact) mass is 362 g/mol. The molecule has 0 saturated carbocycles. The van der Waals surface area contributed by atoms with Crippen LogP contribution in [0.1, 0.15) is 27.0 Å². The Morgan fingerprint density at radius 1 is 1.23 bits per heavy atom. The molecule has 2 aromatic carbocycles. The van der Waals surface area contributed by atoms with Crippen LogP contribution < -0.4 is 4.74 Å². The Kier molecular flexibility index (Phi) is 5.24. The zero-order chi connectivity index (χ0) is 18.7. The molecule has 3 rings (SSSR count). The van der Waals surface area contributed by atoms with Crippen LogP contribution in [0, 0.1) is 25.2 Å². The van der Waals surface area contributed by atoms with Gasteiger partial charge in [0.2, 0.25) is 0 Å². The highest BCUT2D eigenvalue weighted by Gasteiger charge is 2.13. The van der Waals surface area contributed by atoms with Crippen LogP contribution in [0.2, 0.25) is 0 Å². The number of fused-ring (bicyclic) bond motifs is 1. The molecule has 26 heavy (non-hydrogen) atoms. The van der Waals surface area contributed by atoms with E-state index in [1.54, 1.807) is 31.4 Å². The number of pyridine rings is 1. The van der Waals surface area contributed by atoms with E-state index < -0.39 is 0 Å². The maximum Gasteiger partial charge on any atom is 0.173 e. The summed E-state index contributed by atoms with van der Waals surface area (Å²) < 4.78 is 5.16. The van der Waals surface area contributed by atoms with Gasteiger partial charge >= 0.3 is 0 Å². The van der Waals surface area contributed by atoms with Gasteiger partial charge in [0, 0.05) is 10.9 Å². The number of ether oxygens (including phenoxy) is 1. The Morgan fingerprint density at radius 2 is 2.04 bits per heavy atom. The number of thioether (sulfide) groups is 1. The first-order chi connectivity index (χ1) is 12.5. The SMILES string of the molecule is COc1cccc(C(=O)CSc2nc3c(C)c(C)ccc3cc2C#N)c1. The second-order valence-corrected chi connectivity index (χ2v) is 6.94. The zero-order valence-corrected chi connectivity index (χ0v) is 15.7. The molecule has 0 bridgehead atoms. The lowest BCUT2D eigenvalue weighted by atomic mass is 10.0. The largest absolute Gasteiger partial charge is 0.497 e. The number of aromatic nitrogens is 1. The standard InChI is InChI=1S/C21H18N2O2S/c1-13-7-8-16-9-17(11-22)21(23-20(16)14(13)2)26-12-19(24)15-5-4-6-18(10-15)25-3/h4-10H,12H2,1-3H3. The Balaban J connectivity index is 1.89. The second-order valence-electron chi connectivity index (χ2n) is 5.98. The lowest BCUT2D eigenvalue weighted by Crippen LogP contribution is -2.03. The van der Waals surface area contributed by atoms with Crippen LogP contribution in [0.4, 0.5) is 0 Å². The number of nitrogens with zero attached hydrogens (tertiary/aromatic N) is 2. The normalized spacial score (nSPS) is 10.5. The van der Waals surface area contributed by atoms with Crippen LogP contribution in [-0.4, -0.2) is 23.6 Å². The van der Waals surface area contributed by atoms with E-state index in [2.05, 4.69) is 11.1 Å². The van der Waals surface area contributed by atoms with E-state index in [0.29, 0.717) is 21.9 Å². The summed E-state index contributed by atoms with van der Waals surface area (Å²) in [6.07, 6.45) is 0. The lowest BCUT2D eigenvalue weighted by Gasteiger charge is -2.09. The van der Waals surface area contributed by atoms with Crippen molar-refractivity contribution in [1.29, 1.82) is 5.26 Å². The number of carbonyl (C=O) groups excluding carboxylic acids is 1. The highest BCUT2D eigenvalue weighted by atomic mass is 32.2. The molecule has 0 fully saturated rings. The molecule has 0 saturated heterocycles. The summed E-state index contributed by atoms with van der Waals surface area (Å²) in [5.41, 5.74) is 4.19. The van der Waals surface area contributed by atoms with Gasteiger partial charge in [-0.1, -0.05) is 36.0 Å². The summed E-state index contributed by atoms with van der Waals surface area (Å²) in [7, 11) is 1.57. The average Bonchev–Trinajstić information content (AvgIpc) is 2.68. The van der Waals surface area contributed by atoms with Crippen molar-refractivity contribution in [1.82, 2.24) is 4.98 Å². The van der Waals surface area contributed by atoms with E-state index in [1.807, 2.05) is 32.0 Å². The molecule has 3 aromatic rings. The molecule has 130 valence electrons. The van der Waals surface area contributed by atoms with Crippen molar-refractivity contribution in [2.45, 2.75) is 18.9 Å². The average molecular weight is 362 g/mol. The number of methoxy groups -OCH3 is 1. The highest BCUT2D eigenvalue weighted by Crippen LogP contribution is 2.28. The number of ketones is 1. The third kappa shape index (κ3) is 3.56. The molecule has 0 unspecified atom stereocenters. The molecule has 0 atom stereocenters. The fourth-order valence-corrected chi connectivity index (χ4v) is 3.52. The molecular formula is C21H18N2O2S. The van der Waals surface area contributed by atoms with Crippen LogP contribution in [0.3, 0.4) is 0 Å². The number of rotatable bonds is 5. The quantitative estimate of drug-likeness (QED) is 0.486. The first-order valence-electron chi connectivity index (χ1n) is 8.14. The molecule has 0 N–H and O–H groups in total. The minimum Gasteiger partial charge on any atom is -0.497 e. The number of Topliss-reactive ketones (excluding diaryl/α,β-unsaturated/α-hetero) is 1. The van der Waals surface area contributed by atoms with E-state index in [0.717, 1.165) is 22.0 Å². The minimum absolute atomic E-state index is 0.0272. The molecule has 4 nitrogen and oxygen atoms in total. The third-order valence-corrected chi connectivity index (χ3v) is 5.32. The molecule has 0 spiro atoms. The number of hydrogen-bond donors (Lipinski definition) is 0. The Labute approximate surface area is 156 Å². The van der Waals surface area contributed by atoms with Crippen molar-refractivity contribution in [3.05, 3.63) is 64.7 Å². The molecule has 0 aliphatic heterocycles. The van der Waals surface area contributed by atoms with Crippen molar-refractivity contribution >= 4 is 28.4 Å². The molecular weight excluding hydrogens is 344 g/mol. The maximum absolute atomic E-state index is 12.5. The minimum atomic E-state index is -0.0272. The summed E-state index contributed by atoms with van der Waals surface area (Å²) >= 11 is 1.29. The van der Waals surface area contributed by atoms with Crippen molar-refractivity contribution < 1.29 is 9.53 Å². The summed E-state index contributed by atoms with van der Waals surface area (Å²) in [4.78, 5) is 17.2. The van der Waals surface area contributed by atoms with Gasteiger partial charge in [-0.2, -0.15) is 5.26 Å². The molecule has 0 amide bonds. The van der Waals surface area contributed by atoms with Gasteiger partial charge in [0.1, 0.15) is 16.8 Å². The number of carbonyl (C=O) groups is 1. The van der Waals surface area contributed by atoms with E-state index in [1.165, 1.54) is 11.8 Å². The van der Waals surface area contributed by atoms with Crippen molar-refractivity contribution in [2.75, 3.05) is 12.9 Å². The third-order valence-electron chi connectivity index (χ3n) is 4.33. The first kappa shape index (κ1) is 18.0. The summed E-state index contributed by atoms with van der Waals surface area (Å²) in [5, 5.41) is 11.0. The van der Waals surface area contributed by atoms with Crippen LogP contribution in [-0.2, 0) is 0 Å². The fraction of sp³-hybridized carbons (Fsp3) is 0.190. The van der Waals surface area contributed by atoms with Crippen LogP contribution >= 0.6 is 11.8 Å². The van der Waals surface area contributed by atoms with Gasteiger partial charge in [-0.25, -0.2) is 4.98 Å². The molecule has 1 heterocycles. The van der Waals surface area contributed by atoms with Gasteiger partial charge < -0.3 is 4.74 Å². The van der Waals surface area contributed by atoms with Crippen molar-refractivity contribution in [3.63, 3.8) is 0 Å². The number of benzene rings is 2. The number of hydrogen-bond acceptors (Lipinski definition) is 5. The maximum atomic E-state index is 12.5. The Morgan fingerprint density at radius 3 is 2.77 bits per heavy atom. The molecule has 0 aliphatic carbocycles.